The SMILES string of the molecule is N#Cc1ccc(Nc2cnccc2SCc2ccccc2C(=O)[O-])c2ccccc12. The zero-order valence-electron chi connectivity index (χ0n) is 15.8. The maximum absolute atomic E-state index is 11.4. The highest BCUT2D eigenvalue weighted by Crippen LogP contribution is 2.34. The summed E-state index contributed by atoms with van der Waals surface area (Å²) >= 11 is 1.52. The lowest BCUT2D eigenvalue weighted by molar-refractivity contribution is -0.255. The Morgan fingerprint density at radius 3 is 2.57 bits per heavy atom. The summed E-state index contributed by atoms with van der Waals surface area (Å²) in [5, 5.41) is 26.0. The molecule has 0 saturated carbocycles. The lowest BCUT2D eigenvalue weighted by atomic mass is 10.0. The number of fused-ring (bicyclic) bond motifs is 1. The number of carboxylic acid groups (broad SMARTS) is 1. The normalized spacial score (nSPS) is 10.5. The van der Waals surface area contributed by atoms with E-state index >= 15 is 0 Å². The van der Waals surface area contributed by atoms with E-state index in [0.29, 0.717) is 16.9 Å². The molecule has 0 spiro atoms. The number of hydrogen-bond acceptors (Lipinski definition) is 6. The number of aromatic nitrogens is 1. The van der Waals surface area contributed by atoms with Gasteiger partial charge >= 0.3 is 0 Å². The van der Waals surface area contributed by atoms with E-state index in [2.05, 4.69) is 16.4 Å². The second-order valence-electron chi connectivity index (χ2n) is 6.55. The van der Waals surface area contributed by atoms with Crippen molar-refractivity contribution in [3.63, 3.8) is 0 Å². The molecule has 0 atom stereocenters. The van der Waals surface area contributed by atoms with Crippen molar-refractivity contribution in [2.75, 3.05) is 5.32 Å². The fourth-order valence-electron chi connectivity index (χ4n) is 3.25. The molecule has 0 aliphatic carbocycles. The maximum atomic E-state index is 11.4. The predicted molar refractivity (Wildman–Crippen MR) is 117 cm³/mol. The molecule has 1 heterocycles. The van der Waals surface area contributed by atoms with Crippen molar-refractivity contribution in [3.05, 3.63) is 95.8 Å². The number of carbonyl (C=O) groups excluding carboxylic acids is 1. The molecule has 3 aromatic carbocycles. The van der Waals surface area contributed by atoms with Crippen molar-refractivity contribution in [1.82, 2.24) is 4.98 Å². The highest BCUT2D eigenvalue weighted by Gasteiger charge is 2.10. The third-order valence-electron chi connectivity index (χ3n) is 4.72. The molecule has 0 aliphatic rings. The topological polar surface area (TPSA) is 88.8 Å². The molecule has 0 saturated heterocycles. The van der Waals surface area contributed by atoms with Crippen molar-refractivity contribution in [2.45, 2.75) is 10.6 Å². The lowest BCUT2D eigenvalue weighted by Crippen LogP contribution is -2.23. The van der Waals surface area contributed by atoms with Crippen LogP contribution in [0.3, 0.4) is 0 Å². The summed E-state index contributed by atoms with van der Waals surface area (Å²) in [6.07, 6.45) is 3.44. The van der Waals surface area contributed by atoms with Crippen molar-refractivity contribution in [1.29, 1.82) is 5.26 Å². The molecule has 0 radical (unpaired) electrons. The van der Waals surface area contributed by atoms with Gasteiger partial charge in [-0.15, -0.1) is 11.8 Å². The monoisotopic (exact) mass is 410 g/mol. The number of rotatable bonds is 6. The van der Waals surface area contributed by atoms with Gasteiger partial charge < -0.3 is 15.2 Å². The van der Waals surface area contributed by atoms with E-state index in [1.807, 2.05) is 42.5 Å². The van der Waals surface area contributed by atoms with Gasteiger partial charge in [0, 0.05) is 38.9 Å². The zero-order chi connectivity index (χ0) is 20.9. The molecule has 146 valence electrons. The molecule has 0 amide bonds. The minimum absolute atomic E-state index is 0.201. The molecule has 1 aromatic heterocycles. The average Bonchev–Trinajstić information content (AvgIpc) is 2.79. The summed E-state index contributed by atoms with van der Waals surface area (Å²) in [6, 6.07) is 22.4. The van der Waals surface area contributed by atoms with Gasteiger partial charge in [-0.3, -0.25) is 4.98 Å². The number of benzene rings is 3. The number of aromatic carboxylic acids is 1. The fraction of sp³-hybridized carbons (Fsp3) is 0.0417. The Labute approximate surface area is 178 Å². The van der Waals surface area contributed by atoms with Gasteiger partial charge in [0.1, 0.15) is 0 Å². The van der Waals surface area contributed by atoms with Crippen LogP contribution in [-0.4, -0.2) is 11.0 Å². The average molecular weight is 410 g/mol. The number of nitrogens with one attached hydrogen (secondary N) is 1. The van der Waals surface area contributed by atoms with Gasteiger partial charge in [0.2, 0.25) is 0 Å². The van der Waals surface area contributed by atoms with Crippen molar-refractivity contribution in [3.8, 4) is 6.07 Å². The van der Waals surface area contributed by atoms with E-state index in [-0.39, 0.29) is 5.56 Å². The molecule has 4 aromatic rings. The molecule has 4 rings (SSSR count). The Morgan fingerprint density at radius 1 is 1.00 bits per heavy atom. The van der Waals surface area contributed by atoms with Crippen molar-refractivity contribution >= 4 is 39.9 Å². The Morgan fingerprint density at radius 2 is 1.77 bits per heavy atom. The van der Waals surface area contributed by atoms with Gasteiger partial charge in [0.05, 0.1) is 29.5 Å². The number of nitrogens with zero attached hydrogens (tertiary/aromatic N) is 2. The van der Waals surface area contributed by atoms with Gasteiger partial charge in [-0.1, -0.05) is 48.5 Å². The lowest BCUT2D eigenvalue weighted by Gasteiger charge is -2.15. The smallest absolute Gasteiger partial charge is 0.0998 e. The Bertz CT molecular complexity index is 1280. The van der Waals surface area contributed by atoms with Crippen LogP contribution in [-0.2, 0) is 5.75 Å². The third-order valence-corrected chi connectivity index (χ3v) is 5.84. The van der Waals surface area contributed by atoms with Crippen LogP contribution >= 0.6 is 11.8 Å². The molecule has 0 fully saturated rings. The highest BCUT2D eigenvalue weighted by molar-refractivity contribution is 7.98. The van der Waals surface area contributed by atoms with Crippen LogP contribution in [0, 0.1) is 11.3 Å². The van der Waals surface area contributed by atoms with E-state index in [9.17, 15) is 15.2 Å². The van der Waals surface area contributed by atoms with Gasteiger partial charge in [-0.25, -0.2) is 0 Å². The second kappa shape index (κ2) is 8.68. The minimum Gasteiger partial charge on any atom is -0.545 e. The number of carboxylic acids is 1. The van der Waals surface area contributed by atoms with Crippen LogP contribution in [0.2, 0.25) is 0 Å². The van der Waals surface area contributed by atoms with Crippen LogP contribution in [0.4, 0.5) is 11.4 Å². The third kappa shape index (κ3) is 3.97. The summed E-state index contributed by atoms with van der Waals surface area (Å²) in [6.45, 7) is 0. The number of anilines is 2. The summed E-state index contributed by atoms with van der Waals surface area (Å²) < 4.78 is 0. The van der Waals surface area contributed by atoms with Crippen LogP contribution in [0.15, 0.2) is 84.0 Å². The molecule has 0 bridgehead atoms. The minimum atomic E-state index is -1.18. The molecule has 0 aliphatic heterocycles. The van der Waals surface area contributed by atoms with E-state index in [4.69, 9.17) is 0 Å². The first-order chi connectivity index (χ1) is 14.7. The van der Waals surface area contributed by atoms with Crippen LogP contribution in [0.1, 0.15) is 21.5 Å². The largest absolute Gasteiger partial charge is 0.545 e. The molecule has 0 unspecified atom stereocenters. The number of thioether (sulfide) groups is 1. The van der Waals surface area contributed by atoms with E-state index in [1.165, 1.54) is 11.8 Å². The number of hydrogen-bond donors (Lipinski definition) is 1. The molecule has 30 heavy (non-hydrogen) atoms. The fourth-order valence-corrected chi connectivity index (χ4v) is 4.23. The Balaban J connectivity index is 1.64. The van der Waals surface area contributed by atoms with Gasteiger partial charge in [0.25, 0.3) is 0 Å². The first-order valence-corrected chi connectivity index (χ1v) is 10.2. The standard InChI is InChI=1S/C24H17N3O2S/c25-13-16-9-10-21(20-8-4-3-6-18(16)20)27-22-14-26-12-11-23(22)30-15-17-5-1-2-7-19(17)24(28)29/h1-12,14,27H,15H2,(H,28,29)/p-1. The molecular formula is C24H16N3O2S-. The number of nitriles is 1. The summed E-state index contributed by atoms with van der Waals surface area (Å²) in [5.41, 5.74) is 3.20. The van der Waals surface area contributed by atoms with Crippen LogP contribution in [0.5, 0.6) is 0 Å². The molecule has 6 heteroatoms. The zero-order valence-corrected chi connectivity index (χ0v) is 16.6. The molecule has 5 nitrogen and oxygen atoms in total. The van der Waals surface area contributed by atoms with E-state index < -0.39 is 5.97 Å². The van der Waals surface area contributed by atoms with Crippen molar-refractivity contribution in [2.24, 2.45) is 0 Å². The second-order valence-corrected chi connectivity index (χ2v) is 7.57. The first-order valence-electron chi connectivity index (χ1n) is 9.22. The summed E-state index contributed by atoms with van der Waals surface area (Å²) in [5.74, 6) is -0.694. The number of pyridine rings is 1. The quantitative estimate of drug-likeness (QED) is 0.471. The van der Waals surface area contributed by atoms with E-state index in [1.54, 1.807) is 36.7 Å². The van der Waals surface area contributed by atoms with Gasteiger partial charge in [-0.05, 0) is 23.8 Å². The molecule has 1 N–H and O–H groups in total. The first kappa shape index (κ1) is 19.5. The van der Waals surface area contributed by atoms with Gasteiger partial charge in [-0.2, -0.15) is 5.26 Å². The van der Waals surface area contributed by atoms with E-state index in [0.717, 1.165) is 27.0 Å². The van der Waals surface area contributed by atoms with Crippen molar-refractivity contribution < 1.29 is 9.90 Å². The molecular weight excluding hydrogens is 394 g/mol. The summed E-state index contributed by atoms with van der Waals surface area (Å²) in [7, 11) is 0. The maximum Gasteiger partial charge on any atom is 0.0998 e. The van der Waals surface area contributed by atoms with Crippen LogP contribution < -0.4 is 10.4 Å². The Hall–Kier alpha value is -3.82. The summed E-state index contributed by atoms with van der Waals surface area (Å²) in [4.78, 5) is 16.5. The Kier molecular flexibility index (Phi) is 5.64. The number of carbonyl (C=O) groups is 1. The predicted octanol–water partition coefficient (Wildman–Crippen LogP) is 4.51. The van der Waals surface area contributed by atoms with Gasteiger partial charge in [0.15, 0.2) is 0 Å². The highest BCUT2D eigenvalue weighted by atomic mass is 32.2. The van der Waals surface area contributed by atoms with Crippen LogP contribution in [0.25, 0.3) is 10.8 Å².